The van der Waals surface area contributed by atoms with E-state index in [0.717, 1.165) is 113 Å². The molecule has 0 aliphatic carbocycles. The van der Waals surface area contributed by atoms with Gasteiger partial charge in [0.25, 0.3) is 0 Å². The highest BCUT2D eigenvalue weighted by Gasteiger charge is 2.40. The summed E-state index contributed by atoms with van der Waals surface area (Å²) in [7, 11) is 0. The quantitative estimate of drug-likeness (QED) is 0.136. The van der Waals surface area contributed by atoms with Crippen molar-refractivity contribution in [1.29, 1.82) is 0 Å². The fraction of sp³-hybridized carbons (Fsp3) is 0.0750. The molecule has 0 saturated carbocycles. The molecular formula is C80H60N6. The van der Waals surface area contributed by atoms with Crippen LogP contribution in [0.5, 0.6) is 0 Å². The highest BCUT2D eigenvalue weighted by atomic mass is 15.2. The lowest BCUT2D eigenvalue weighted by Gasteiger charge is -2.44. The average molecular weight is 1110 g/mol. The van der Waals surface area contributed by atoms with E-state index in [1.807, 2.05) is 48.5 Å². The molecule has 2 aromatic heterocycles. The van der Waals surface area contributed by atoms with Crippen LogP contribution in [0.4, 0.5) is 34.1 Å². The lowest BCUT2D eigenvalue weighted by molar-refractivity contribution is 0.631. The Morgan fingerprint density at radius 1 is 0.221 bits per heavy atom. The fourth-order valence-electron chi connectivity index (χ4n) is 13.0. The summed E-state index contributed by atoms with van der Waals surface area (Å²) in [4.78, 5) is 25.8. The molecule has 2 aliphatic rings. The summed E-state index contributed by atoms with van der Waals surface area (Å²) in [6, 6.07) is 104. The minimum atomic E-state index is -0.269. The molecule has 15 rings (SSSR count). The maximum atomic E-state index is 5.26. The Morgan fingerprint density at radius 2 is 0.465 bits per heavy atom. The zero-order valence-electron chi connectivity index (χ0n) is 48.4. The number of rotatable bonds is 10. The Bertz CT molecular complexity index is 4160. The molecule has 6 heteroatoms. The van der Waals surface area contributed by atoms with Crippen molar-refractivity contribution in [2.75, 3.05) is 9.80 Å². The molecule has 4 heterocycles. The summed E-state index contributed by atoms with van der Waals surface area (Å²) in [5, 5.41) is 0. The topological polar surface area (TPSA) is 58.0 Å². The highest BCUT2D eigenvalue weighted by Crippen LogP contribution is 2.58. The second kappa shape index (κ2) is 21.1. The van der Waals surface area contributed by atoms with Crippen molar-refractivity contribution in [3.8, 4) is 90.1 Å². The summed E-state index contributed by atoms with van der Waals surface area (Å²) >= 11 is 0. The number of para-hydroxylation sites is 4. The van der Waals surface area contributed by atoms with Gasteiger partial charge in [-0.1, -0.05) is 270 Å². The van der Waals surface area contributed by atoms with E-state index in [1.54, 1.807) is 0 Å². The molecule has 410 valence electrons. The lowest BCUT2D eigenvalue weighted by atomic mass is 9.73. The molecule has 0 atom stereocenters. The van der Waals surface area contributed by atoms with Crippen LogP contribution >= 0.6 is 0 Å². The van der Waals surface area contributed by atoms with Gasteiger partial charge in [0.15, 0.2) is 11.6 Å². The lowest BCUT2D eigenvalue weighted by Crippen LogP contribution is -2.32. The summed E-state index contributed by atoms with van der Waals surface area (Å²) < 4.78 is 0. The van der Waals surface area contributed by atoms with Crippen molar-refractivity contribution < 1.29 is 0 Å². The monoisotopic (exact) mass is 1100 g/mol. The van der Waals surface area contributed by atoms with Crippen LogP contribution < -0.4 is 9.80 Å². The molecule has 11 aromatic carbocycles. The Labute approximate surface area is 503 Å². The summed E-state index contributed by atoms with van der Waals surface area (Å²) in [5.41, 5.74) is 25.0. The van der Waals surface area contributed by atoms with Gasteiger partial charge < -0.3 is 9.80 Å². The Hall–Kier alpha value is -10.8. The predicted octanol–water partition coefficient (Wildman–Crippen LogP) is 20.8. The maximum Gasteiger partial charge on any atom is 0.160 e. The first-order valence-corrected chi connectivity index (χ1v) is 29.5. The van der Waals surface area contributed by atoms with Crippen LogP contribution in [0.3, 0.4) is 0 Å². The third-order valence-electron chi connectivity index (χ3n) is 17.5. The van der Waals surface area contributed by atoms with E-state index in [2.05, 4.69) is 280 Å². The first kappa shape index (κ1) is 52.0. The number of hydrogen-bond donors (Lipinski definition) is 0. The van der Waals surface area contributed by atoms with Crippen molar-refractivity contribution >= 4 is 34.1 Å². The molecule has 0 radical (unpaired) electrons. The van der Waals surface area contributed by atoms with Crippen LogP contribution in [-0.2, 0) is 10.8 Å². The second-order valence-electron chi connectivity index (χ2n) is 23.4. The minimum absolute atomic E-state index is 0.269. The number of aromatic nitrogens is 4. The zero-order chi connectivity index (χ0) is 57.9. The van der Waals surface area contributed by atoms with Gasteiger partial charge in [-0.2, -0.15) is 0 Å². The number of benzene rings is 11. The van der Waals surface area contributed by atoms with Gasteiger partial charge in [-0.15, -0.1) is 0 Å². The van der Waals surface area contributed by atoms with Crippen LogP contribution in [0, 0.1) is 0 Å². The zero-order valence-corrected chi connectivity index (χ0v) is 48.4. The maximum absolute atomic E-state index is 5.26. The molecule has 0 saturated heterocycles. The number of hydrogen-bond acceptors (Lipinski definition) is 6. The van der Waals surface area contributed by atoms with Crippen molar-refractivity contribution in [2.24, 2.45) is 0 Å². The molecule has 13 aromatic rings. The van der Waals surface area contributed by atoms with Crippen molar-refractivity contribution in [3.05, 3.63) is 313 Å². The Balaban J connectivity index is 0.975. The van der Waals surface area contributed by atoms with Gasteiger partial charge in [0, 0.05) is 55.3 Å². The standard InChI is InChI=1S/C80H60N6/c1-79(2)63-33-17-21-37-71(63)85(72-38-22-18-34-64(72)79)75-52-76(86-73-39-23-19-35-65(73)80(3,4)66-36-20-24-40-74(66)86)62(54-43-47-58(48-44-54)70-51-68(56-27-11-6-12-28-56)82-78(84-70)60-31-15-8-16-32-60)49-61(75)53-41-45-57(46-42-53)69-50-67(55-25-9-5-10-26-55)81-77(83-69)59-29-13-7-14-30-59/h5-52H,1-4H3. The van der Waals surface area contributed by atoms with Gasteiger partial charge in [-0.25, -0.2) is 19.9 Å². The Morgan fingerprint density at radius 3 is 0.767 bits per heavy atom. The first-order valence-electron chi connectivity index (χ1n) is 29.5. The van der Waals surface area contributed by atoms with Crippen molar-refractivity contribution in [2.45, 2.75) is 38.5 Å². The average Bonchev–Trinajstić information content (AvgIpc) is 1.44. The highest BCUT2D eigenvalue weighted by molar-refractivity contribution is 6.02. The van der Waals surface area contributed by atoms with E-state index >= 15 is 0 Å². The van der Waals surface area contributed by atoms with Gasteiger partial charge in [0.2, 0.25) is 0 Å². The van der Waals surface area contributed by atoms with Crippen LogP contribution in [0.2, 0.25) is 0 Å². The third-order valence-corrected chi connectivity index (χ3v) is 17.5. The van der Waals surface area contributed by atoms with Crippen LogP contribution in [-0.4, -0.2) is 19.9 Å². The summed E-state index contributed by atoms with van der Waals surface area (Å²) in [6.07, 6.45) is 0. The van der Waals surface area contributed by atoms with Crippen molar-refractivity contribution in [1.82, 2.24) is 19.9 Å². The third kappa shape index (κ3) is 9.06. The van der Waals surface area contributed by atoms with E-state index in [9.17, 15) is 0 Å². The number of fused-ring (bicyclic) bond motifs is 4. The molecule has 0 amide bonds. The van der Waals surface area contributed by atoms with Gasteiger partial charge in [-0.05, 0) is 81.9 Å². The molecular weight excluding hydrogens is 1040 g/mol. The van der Waals surface area contributed by atoms with E-state index in [0.29, 0.717) is 11.6 Å². The predicted molar refractivity (Wildman–Crippen MR) is 355 cm³/mol. The van der Waals surface area contributed by atoms with Crippen LogP contribution in [0.15, 0.2) is 291 Å². The van der Waals surface area contributed by atoms with E-state index in [4.69, 9.17) is 19.9 Å². The van der Waals surface area contributed by atoms with E-state index in [1.165, 1.54) is 22.3 Å². The Kier molecular flexibility index (Phi) is 12.8. The fourth-order valence-corrected chi connectivity index (χ4v) is 13.0. The van der Waals surface area contributed by atoms with Crippen molar-refractivity contribution in [3.63, 3.8) is 0 Å². The second-order valence-corrected chi connectivity index (χ2v) is 23.4. The number of anilines is 6. The number of nitrogens with zero attached hydrogens (tertiary/aromatic N) is 6. The molecule has 2 aliphatic heterocycles. The van der Waals surface area contributed by atoms with E-state index in [-0.39, 0.29) is 10.8 Å². The smallest absolute Gasteiger partial charge is 0.160 e. The van der Waals surface area contributed by atoms with Crippen LogP contribution in [0.25, 0.3) is 90.1 Å². The minimum Gasteiger partial charge on any atom is -0.309 e. The SMILES string of the molecule is CC1(C)c2ccccc2N(c2cc(N3c4ccccc4C(C)(C)c4ccccc43)c(-c3ccc(-c4cc(-c5ccccc5)nc(-c5ccccc5)n4)cc3)cc2-c2ccc(-c3cc(-c4ccccc4)nc(-c4ccccc4)n3)cc2)c2ccccc21. The molecule has 0 fully saturated rings. The van der Waals surface area contributed by atoms with Gasteiger partial charge >= 0.3 is 0 Å². The first-order chi connectivity index (χ1) is 42.2. The van der Waals surface area contributed by atoms with Gasteiger partial charge in [0.05, 0.1) is 56.9 Å². The van der Waals surface area contributed by atoms with Crippen LogP contribution in [0.1, 0.15) is 49.9 Å². The normalized spacial score (nSPS) is 13.5. The van der Waals surface area contributed by atoms with E-state index < -0.39 is 0 Å². The molecule has 0 unspecified atom stereocenters. The molecule has 86 heavy (non-hydrogen) atoms. The molecule has 0 N–H and O–H groups in total. The molecule has 0 spiro atoms. The van der Waals surface area contributed by atoms with Gasteiger partial charge in [0.1, 0.15) is 0 Å². The summed E-state index contributed by atoms with van der Waals surface area (Å²) in [5.74, 6) is 1.37. The molecule has 0 bridgehead atoms. The molecule has 6 nitrogen and oxygen atoms in total. The largest absolute Gasteiger partial charge is 0.309 e. The summed E-state index contributed by atoms with van der Waals surface area (Å²) in [6.45, 7) is 9.43. The van der Waals surface area contributed by atoms with Gasteiger partial charge in [-0.3, -0.25) is 0 Å².